The van der Waals surface area contributed by atoms with Crippen molar-refractivity contribution in [3.63, 3.8) is 0 Å². The molecule has 0 radical (unpaired) electrons. The Bertz CT molecular complexity index is 569. The van der Waals surface area contributed by atoms with E-state index in [1.807, 2.05) is 0 Å². The molecule has 0 heterocycles. The largest absolute Gasteiger partial charge is 0.398 e. The fourth-order valence-corrected chi connectivity index (χ4v) is 2.69. The fourth-order valence-electron chi connectivity index (χ4n) is 1.36. The Morgan fingerprint density at radius 3 is 2.32 bits per heavy atom. The van der Waals surface area contributed by atoms with Crippen LogP contribution in [-0.4, -0.2) is 43.8 Å². The molecule has 8 nitrogen and oxygen atoms in total. The number of nitrogens with one attached hydrogen (secondary N) is 1. The summed E-state index contributed by atoms with van der Waals surface area (Å²) in [7, 11) is -4.00. The molecule has 9 heteroatoms. The van der Waals surface area contributed by atoms with Gasteiger partial charge in [0.2, 0.25) is 15.9 Å². The maximum atomic E-state index is 11.9. The molecule has 0 aliphatic rings. The van der Waals surface area contributed by atoms with Gasteiger partial charge in [-0.1, -0.05) is 0 Å². The van der Waals surface area contributed by atoms with Crippen molar-refractivity contribution in [1.29, 1.82) is 0 Å². The van der Waals surface area contributed by atoms with Gasteiger partial charge in [0.05, 0.1) is 24.9 Å². The van der Waals surface area contributed by atoms with Crippen molar-refractivity contribution in [3.05, 3.63) is 23.8 Å². The fraction of sp³-hybridized carbons (Fsp3) is 0.300. The molecular weight excluding hydrogens is 274 g/mol. The molecule has 1 aromatic rings. The molecule has 0 saturated heterocycles. The van der Waals surface area contributed by atoms with Gasteiger partial charge in [0.15, 0.2) is 0 Å². The molecule has 19 heavy (non-hydrogen) atoms. The predicted octanol–water partition coefficient (Wildman–Crippen LogP) is -2.00. The Morgan fingerprint density at radius 2 is 1.89 bits per heavy atom. The van der Waals surface area contributed by atoms with Crippen molar-refractivity contribution >= 4 is 21.6 Å². The second kappa shape index (κ2) is 5.97. The monoisotopic (exact) mass is 289 g/mol. The van der Waals surface area contributed by atoms with Crippen molar-refractivity contribution in [2.24, 2.45) is 5.73 Å². The minimum absolute atomic E-state index is 0.0808. The molecule has 0 aromatic heterocycles. The Balaban J connectivity index is 3.12. The predicted molar refractivity (Wildman–Crippen MR) is 67.7 cm³/mol. The lowest BCUT2D eigenvalue weighted by atomic mass is 10.2. The van der Waals surface area contributed by atoms with Gasteiger partial charge < -0.3 is 21.7 Å². The standard InChI is InChI=1S/C10H15N3O5S/c11-8-3-6(10(12)16)1-2-9(8)19(17,18)13-7(4-14)5-15/h1-3,7,13-15H,4-5,11H2,(H2,12,16). The van der Waals surface area contributed by atoms with Gasteiger partial charge in [-0.3, -0.25) is 4.79 Å². The number of hydrogen-bond acceptors (Lipinski definition) is 6. The number of aliphatic hydroxyl groups excluding tert-OH is 2. The second-order valence-corrected chi connectivity index (χ2v) is 5.48. The molecule has 1 rings (SSSR count). The summed E-state index contributed by atoms with van der Waals surface area (Å²) >= 11 is 0. The SMILES string of the molecule is NC(=O)c1ccc(S(=O)(=O)NC(CO)CO)c(N)c1. The van der Waals surface area contributed by atoms with E-state index in [1.165, 1.54) is 6.07 Å². The number of nitrogens with two attached hydrogens (primary N) is 2. The van der Waals surface area contributed by atoms with Crippen LogP contribution < -0.4 is 16.2 Å². The molecule has 0 fully saturated rings. The molecule has 0 saturated carbocycles. The lowest BCUT2D eigenvalue weighted by molar-refractivity contribution is 0.1000. The van der Waals surface area contributed by atoms with Gasteiger partial charge in [0.1, 0.15) is 4.90 Å². The molecular formula is C10H15N3O5S. The third-order valence-electron chi connectivity index (χ3n) is 2.35. The number of anilines is 1. The summed E-state index contributed by atoms with van der Waals surface area (Å²) in [5.41, 5.74) is 10.5. The Labute approximate surface area is 110 Å². The lowest BCUT2D eigenvalue weighted by Gasteiger charge is -2.15. The summed E-state index contributed by atoms with van der Waals surface area (Å²) < 4.78 is 25.9. The summed E-state index contributed by atoms with van der Waals surface area (Å²) in [6.45, 7) is -1.12. The third kappa shape index (κ3) is 3.64. The van der Waals surface area contributed by atoms with Gasteiger partial charge in [-0.15, -0.1) is 0 Å². The van der Waals surface area contributed by atoms with Gasteiger partial charge in [-0.05, 0) is 18.2 Å². The minimum atomic E-state index is -4.00. The highest BCUT2D eigenvalue weighted by Gasteiger charge is 2.22. The number of primary amides is 1. The van der Waals surface area contributed by atoms with E-state index < -0.39 is 35.2 Å². The molecule has 7 N–H and O–H groups in total. The summed E-state index contributed by atoms with van der Waals surface area (Å²) in [5.74, 6) is -0.729. The van der Waals surface area contributed by atoms with E-state index in [4.69, 9.17) is 21.7 Å². The van der Waals surface area contributed by atoms with Crippen LogP contribution >= 0.6 is 0 Å². The van der Waals surface area contributed by atoms with E-state index in [2.05, 4.69) is 4.72 Å². The molecule has 1 aromatic carbocycles. The number of hydrogen-bond donors (Lipinski definition) is 5. The van der Waals surface area contributed by atoms with Crippen LogP contribution in [0.15, 0.2) is 23.1 Å². The number of sulfonamides is 1. The zero-order valence-corrected chi connectivity index (χ0v) is 10.7. The first-order valence-electron chi connectivity index (χ1n) is 5.25. The van der Waals surface area contributed by atoms with Crippen LogP contribution in [0.4, 0.5) is 5.69 Å². The van der Waals surface area contributed by atoms with E-state index in [-0.39, 0.29) is 16.1 Å². The zero-order valence-electron chi connectivity index (χ0n) is 9.91. The van der Waals surface area contributed by atoms with Crippen LogP contribution in [0.1, 0.15) is 10.4 Å². The normalized spacial score (nSPS) is 11.7. The Morgan fingerprint density at radius 1 is 1.32 bits per heavy atom. The molecule has 0 unspecified atom stereocenters. The molecule has 106 valence electrons. The highest BCUT2D eigenvalue weighted by atomic mass is 32.2. The molecule has 0 spiro atoms. The van der Waals surface area contributed by atoms with Crippen LogP contribution in [0, 0.1) is 0 Å². The number of carbonyl (C=O) groups excluding carboxylic acids is 1. The highest BCUT2D eigenvalue weighted by Crippen LogP contribution is 2.19. The lowest BCUT2D eigenvalue weighted by Crippen LogP contribution is -2.40. The molecule has 0 aliphatic carbocycles. The zero-order chi connectivity index (χ0) is 14.6. The topological polar surface area (TPSA) is 156 Å². The summed E-state index contributed by atoms with van der Waals surface area (Å²) in [5, 5.41) is 17.7. The summed E-state index contributed by atoms with van der Waals surface area (Å²) in [6, 6.07) is 2.47. The number of amides is 1. The summed E-state index contributed by atoms with van der Waals surface area (Å²) in [4.78, 5) is 10.7. The van der Waals surface area contributed by atoms with E-state index in [0.717, 1.165) is 12.1 Å². The smallest absolute Gasteiger partial charge is 0.248 e. The van der Waals surface area contributed by atoms with E-state index in [0.29, 0.717) is 0 Å². The Kier molecular flexibility index (Phi) is 4.84. The first-order valence-corrected chi connectivity index (χ1v) is 6.73. The van der Waals surface area contributed by atoms with Gasteiger partial charge in [0.25, 0.3) is 0 Å². The van der Waals surface area contributed by atoms with E-state index >= 15 is 0 Å². The molecule has 0 atom stereocenters. The number of benzene rings is 1. The second-order valence-electron chi connectivity index (χ2n) is 3.80. The van der Waals surface area contributed by atoms with Crippen molar-refractivity contribution in [1.82, 2.24) is 4.72 Å². The highest BCUT2D eigenvalue weighted by molar-refractivity contribution is 7.89. The van der Waals surface area contributed by atoms with E-state index in [9.17, 15) is 13.2 Å². The number of aliphatic hydroxyl groups is 2. The van der Waals surface area contributed by atoms with E-state index in [1.54, 1.807) is 0 Å². The number of carbonyl (C=O) groups is 1. The van der Waals surface area contributed by atoms with Crippen LogP contribution in [0.5, 0.6) is 0 Å². The van der Waals surface area contributed by atoms with Gasteiger partial charge in [-0.2, -0.15) is 0 Å². The van der Waals surface area contributed by atoms with Crippen LogP contribution in [0.2, 0.25) is 0 Å². The third-order valence-corrected chi connectivity index (χ3v) is 3.94. The van der Waals surface area contributed by atoms with Crippen molar-refractivity contribution < 1.29 is 23.4 Å². The van der Waals surface area contributed by atoms with Gasteiger partial charge >= 0.3 is 0 Å². The quantitative estimate of drug-likeness (QED) is 0.381. The van der Waals surface area contributed by atoms with Gasteiger partial charge in [0, 0.05) is 5.56 Å². The average Bonchev–Trinajstić information content (AvgIpc) is 2.35. The maximum Gasteiger partial charge on any atom is 0.248 e. The first kappa shape index (κ1) is 15.4. The van der Waals surface area contributed by atoms with Gasteiger partial charge in [-0.25, -0.2) is 13.1 Å². The minimum Gasteiger partial charge on any atom is -0.398 e. The molecule has 0 bridgehead atoms. The average molecular weight is 289 g/mol. The Hall–Kier alpha value is -1.68. The molecule has 0 aliphatic heterocycles. The van der Waals surface area contributed by atoms with Crippen molar-refractivity contribution in [3.8, 4) is 0 Å². The number of nitrogen functional groups attached to an aromatic ring is 1. The van der Waals surface area contributed by atoms with Crippen LogP contribution in [0.3, 0.4) is 0 Å². The number of rotatable bonds is 6. The van der Waals surface area contributed by atoms with Crippen LogP contribution in [0.25, 0.3) is 0 Å². The molecule has 1 amide bonds. The van der Waals surface area contributed by atoms with Crippen molar-refractivity contribution in [2.45, 2.75) is 10.9 Å². The first-order chi connectivity index (χ1) is 8.81. The van der Waals surface area contributed by atoms with Crippen molar-refractivity contribution in [2.75, 3.05) is 18.9 Å². The maximum absolute atomic E-state index is 11.9. The van der Waals surface area contributed by atoms with Crippen LogP contribution in [-0.2, 0) is 10.0 Å². The summed E-state index contributed by atoms with van der Waals surface area (Å²) in [6.07, 6.45) is 0.